The van der Waals surface area contributed by atoms with E-state index in [-0.39, 0.29) is 5.54 Å². The lowest BCUT2D eigenvalue weighted by Gasteiger charge is -2.37. The van der Waals surface area contributed by atoms with Gasteiger partial charge in [-0.3, -0.25) is 0 Å². The van der Waals surface area contributed by atoms with E-state index in [2.05, 4.69) is 26.1 Å². The third-order valence-electron chi connectivity index (χ3n) is 4.94. The second kappa shape index (κ2) is 7.08. The second-order valence-corrected chi connectivity index (χ2v) is 7.73. The highest BCUT2D eigenvalue weighted by molar-refractivity contribution is 4.82. The molecular formula is C17H33NO. The maximum atomic E-state index is 5.50. The molecule has 2 unspecified atom stereocenters. The van der Waals surface area contributed by atoms with Crippen molar-refractivity contribution in [1.29, 1.82) is 0 Å². The van der Waals surface area contributed by atoms with Crippen LogP contribution in [-0.4, -0.2) is 25.3 Å². The molecule has 0 aromatic heterocycles. The van der Waals surface area contributed by atoms with Crippen LogP contribution in [0.1, 0.15) is 65.7 Å². The molecule has 1 saturated heterocycles. The van der Waals surface area contributed by atoms with E-state index in [9.17, 15) is 0 Å². The first kappa shape index (κ1) is 15.3. The van der Waals surface area contributed by atoms with E-state index >= 15 is 0 Å². The summed E-state index contributed by atoms with van der Waals surface area (Å²) in [6.45, 7) is 10.1. The summed E-state index contributed by atoms with van der Waals surface area (Å²) in [4.78, 5) is 0. The van der Waals surface area contributed by atoms with Gasteiger partial charge in [0, 0.05) is 18.8 Å². The lowest BCUT2D eigenvalue weighted by atomic mass is 9.73. The molecule has 0 spiro atoms. The van der Waals surface area contributed by atoms with Crippen LogP contribution in [0.5, 0.6) is 0 Å². The molecule has 1 saturated carbocycles. The zero-order valence-electron chi connectivity index (χ0n) is 13.2. The fraction of sp³-hybridized carbons (Fsp3) is 1.00. The number of hydrogen-bond acceptors (Lipinski definition) is 2. The van der Waals surface area contributed by atoms with Crippen molar-refractivity contribution in [2.24, 2.45) is 17.8 Å². The Morgan fingerprint density at radius 1 is 0.947 bits per heavy atom. The lowest BCUT2D eigenvalue weighted by Crippen LogP contribution is -2.41. The predicted molar refractivity (Wildman–Crippen MR) is 81.4 cm³/mol. The molecule has 19 heavy (non-hydrogen) atoms. The van der Waals surface area contributed by atoms with Gasteiger partial charge in [-0.2, -0.15) is 0 Å². The summed E-state index contributed by atoms with van der Waals surface area (Å²) in [5.74, 6) is 2.82. The SMILES string of the molecule is CC(C)(C)NCC1CCCCC1CC1CCOCC1. The molecular weight excluding hydrogens is 234 g/mol. The van der Waals surface area contributed by atoms with E-state index in [1.807, 2.05) is 0 Å². The molecule has 0 amide bonds. The summed E-state index contributed by atoms with van der Waals surface area (Å²) in [5, 5.41) is 3.73. The van der Waals surface area contributed by atoms with Gasteiger partial charge in [0.2, 0.25) is 0 Å². The Kier molecular flexibility index (Phi) is 5.70. The fourth-order valence-corrected chi connectivity index (χ4v) is 3.71. The molecule has 2 heteroatoms. The normalized spacial score (nSPS) is 30.5. The third-order valence-corrected chi connectivity index (χ3v) is 4.94. The van der Waals surface area contributed by atoms with Gasteiger partial charge in [-0.15, -0.1) is 0 Å². The molecule has 0 aromatic rings. The lowest BCUT2D eigenvalue weighted by molar-refractivity contribution is 0.0501. The molecule has 2 nitrogen and oxygen atoms in total. The van der Waals surface area contributed by atoms with Crippen LogP contribution in [0.2, 0.25) is 0 Å². The summed E-state index contributed by atoms with van der Waals surface area (Å²) in [6.07, 6.45) is 9.87. The van der Waals surface area contributed by atoms with Crippen LogP contribution >= 0.6 is 0 Å². The van der Waals surface area contributed by atoms with Gasteiger partial charge in [0.1, 0.15) is 0 Å². The molecule has 1 N–H and O–H groups in total. The van der Waals surface area contributed by atoms with Crippen LogP contribution in [-0.2, 0) is 4.74 Å². The highest BCUT2D eigenvalue weighted by Gasteiger charge is 2.28. The van der Waals surface area contributed by atoms with Crippen LogP contribution in [0, 0.1) is 17.8 Å². The Balaban J connectivity index is 1.81. The maximum absolute atomic E-state index is 5.50. The summed E-state index contributed by atoms with van der Waals surface area (Å²) in [5.41, 5.74) is 0.265. The van der Waals surface area contributed by atoms with Gasteiger partial charge in [0.25, 0.3) is 0 Å². The van der Waals surface area contributed by atoms with Gasteiger partial charge >= 0.3 is 0 Å². The monoisotopic (exact) mass is 267 g/mol. The molecule has 2 rings (SSSR count). The van der Waals surface area contributed by atoms with E-state index in [1.165, 1.54) is 51.5 Å². The maximum Gasteiger partial charge on any atom is 0.0468 e. The number of hydrogen-bond donors (Lipinski definition) is 1. The Bertz CT molecular complexity index is 252. The number of nitrogens with one attached hydrogen (secondary N) is 1. The Labute approximate surface area is 119 Å². The zero-order chi connectivity index (χ0) is 13.7. The van der Waals surface area contributed by atoms with E-state index in [1.54, 1.807) is 0 Å². The van der Waals surface area contributed by atoms with Crippen LogP contribution in [0.4, 0.5) is 0 Å². The first-order valence-electron chi connectivity index (χ1n) is 8.37. The molecule has 1 aliphatic heterocycles. The van der Waals surface area contributed by atoms with E-state index in [0.717, 1.165) is 31.0 Å². The van der Waals surface area contributed by atoms with Gasteiger partial charge < -0.3 is 10.1 Å². The standard InChI is InChI=1S/C17H33NO/c1-17(2,3)18-13-16-7-5-4-6-15(16)12-14-8-10-19-11-9-14/h14-16,18H,4-13H2,1-3H3. The molecule has 2 atom stereocenters. The van der Waals surface area contributed by atoms with Crippen molar-refractivity contribution >= 4 is 0 Å². The zero-order valence-corrected chi connectivity index (χ0v) is 13.2. The number of rotatable bonds is 4. The molecule has 2 fully saturated rings. The van der Waals surface area contributed by atoms with Crippen LogP contribution in [0.15, 0.2) is 0 Å². The van der Waals surface area contributed by atoms with Gasteiger partial charge in [0.05, 0.1) is 0 Å². The van der Waals surface area contributed by atoms with Gasteiger partial charge in [-0.05, 0) is 70.8 Å². The Hall–Kier alpha value is -0.0800. The van der Waals surface area contributed by atoms with Crippen molar-refractivity contribution in [1.82, 2.24) is 5.32 Å². The quantitative estimate of drug-likeness (QED) is 0.831. The van der Waals surface area contributed by atoms with Crippen molar-refractivity contribution < 1.29 is 4.74 Å². The smallest absolute Gasteiger partial charge is 0.0468 e. The summed E-state index contributed by atoms with van der Waals surface area (Å²) in [6, 6.07) is 0. The average molecular weight is 267 g/mol. The largest absolute Gasteiger partial charge is 0.381 e. The summed E-state index contributed by atoms with van der Waals surface area (Å²) >= 11 is 0. The van der Waals surface area contributed by atoms with E-state index in [0.29, 0.717) is 0 Å². The molecule has 1 heterocycles. The molecule has 0 aromatic carbocycles. The average Bonchev–Trinajstić information content (AvgIpc) is 2.38. The molecule has 2 aliphatic rings. The minimum atomic E-state index is 0.265. The molecule has 0 bridgehead atoms. The fourth-order valence-electron chi connectivity index (χ4n) is 3.71. The highest BCUT2D eigenvalue weighted by atomic mass is 16.5. The van der Waals surface area contributed by atoms with Crippen molar-refractivity contribution in [2.45, 2.75) is 71.3 Å². The molecule has 0 radical (unpaired) electrons. The molecule has 1 aliphatic carbocycles. The summed E-state index contributed by atoms with van der Waals surface area (Å²) < 4.78 is 5.50. The van der Waals surface area contributed by atoms with Gasteiger partial charge in [-0.25, -0.2) is 0 Å². The Morgan fingerprint density at radius 3 is 2.21 bits per heavy atom. The molecule has 112 valence electrons. The van der Waals surface area contributed by atoms with Gasteiger partial charge in [-0.1, -0.05) is 19.3 Å². The van der Waals surface area contributed by atoms with Crippen molar-refractivity contribution in [3.63, 3.8) is 0 Å². The van der Waals surface area contributed by atoms with Crippen molar-refractivity contribution in [3.05, 3.63) is 0 Å². The van der Waals surface area contributed by atoms with E-state index in [4.69, 9.17) is 4.74 Å². The second-order valence-electron chi connectivity index (χ2n) is 7.73. The highest BCUT2D eigenvalue weighted by Crippen LogP contribution is 2.36. The predicted octanol–water partition coefficient (Wildman–Crippen LogP) is 4.00. The van der Waals surface area contributed by atoms with E-state index < -0.39 is 0 Å². The van der Waals surface area contributed by atoms with Crippen LogP contribution < -0.4 is 5.32 Å². The van der Waals surface area contributed by atoms with Crippen LogP contribution in [0.25, 0.3) is 0 Å². The minimum absolute atomic E-state index is 0.265. The first-order chi connectivity index (χ1) is 9.04. The summed E-state index contributed by atoms with van der Waals surface area (Å²) in [7, 11) is 0. The first-order valence-corrected chi connectivity index (χ1v) is 8.37. The van der Waals surface area contributed by atoms with Crippen LogP contribution in [0.3, 0.4) is 0 Å². The topological polar surface area (TPSA) is 21.3 Å². The number of ether oxygens (including phenoxy) is 1. The van der Waals surface area contributed by atoms with Crippen molar-refractivity contribution in [2.75, 3.05) is 19.8 Å². The Morgan fingerprint density at radius 2 is 1.58 bits per heavy atom. The van der Waals surface area contributed by atoms with Crippen molar-refractivity contribution in [3.8, 4) is 0 Å². The van der Waals surface area contributed by atoms with Gasteiger partial charge in [0.15, 0.2) is 0 Å². The minimum Gasteiger partial charge on any atom is -0.381 e. The third kappa shape index (κ3) is 5.43.